The summed E-state index contributed by atoms with van der Waals surface area (Å²) in [7, 11) is -4.24. The molecule has 0 radical (unpaired) electrons. The molecule has 3 aromatic rings. The molecule has 10 nitrogen and oxygen atoms in total. The molecule has 2 atom stereocenters. The summed E-state index contributed by atoms with van der Waals surface area (Å²) in [4.78, 5) is 30.1. The van der Waals surface area contributed by atoms with Gasteiger partial charge in [0.05, 0.1) is 22.6 Å². The molecule has 1 aliphatic rings. The lowest BCUT2D eigenvalue weighted by Crippen LogP contribution is -2.48. The summed E-state index contributed by atoms with van der Waals surface area (Å²) in [5.41, 5.74) is 11.3. The van der Waals surface area contributed by atoms with E-state index in [1.54, 1.807) is 19.1 Å². The second-order valence-electron chi connectivity index (χ2n) is 8.69. The minimum absolute atomic E-state index is 0.0815. The molecule has 0 unspecified atom stereocenters. The maximum absolute atomic E-state index is 13.7. The van der Waals surface area contributed by atoms with E-state index >= 15 is 0 Å². The van der Waals surface area contributed by atoms with E-state index in [9.17, 15) is 28.8 Å². The van der Waals surface area contributed by atoms with E-state index < -0.39 is 39.8 Å². The Hall–Kier alpha value is -4.62. The fraction of sp³-hybridized carbons (Fsp3) is 0.185. The summed E-state index contributed by atoms with van der Waals surface area (Å²) in [6.45, 7) is 1.72. The summed E-state index contributed by atoms with van der Waals surface area (Å²) in [5, 5.41) is 9.36. The van der Waals surface area contributed by atoms with Crippen molar-refractivity contribution in [3.05, 3.63) is 107 Å². The van der Waals surface area contributed by atoms with Crippen molar-refractivity contribution in [2.75, 3.05) is 6.61 Å². The number of nitrogens with one attached hydrogen (secondary N) is 1. The number of amides is 2. The molecule has 1 aliphatic heterocycles. The van der Waals surface area contributed by atoms with Crippen molar-refractivity contribution in [3.8, 4) is 6.07 Å². The van der Waals surface area contributed by atoms with Gasteiger partial charge in [-0.25, -0.2) is 18.1 Å². The molecule has 38 heavy (non-hydrogen) atoms. The Labute approximate surface area is 219 Å². The van der Waals surface area contributed by atoms with Crippen LogP contribution in [0.5, 0.6) is 0 Å². The third-order valence-corrected chi connectivity index (χ3v) is 7.49. The van der Waals surface area contributed by atoms with Gasteiger partial charge in [-0.1, -0.05) is 60.2 Å². The number of hydrogen-bond donors (Lipinski definition) is 1. The van der Waals surface area contributed by atoms with Crippen molar-refractivity contribution in [2.45, 2.75) is 30.3 Å². The first-order chi connectivity index (χ1) is 18.2. The maximum atomic E-state index is 13.7. The Balaban J connectivity index is 1.73. The van der Waals surface area contributed by atoms with Gasteiger partial charge < -0.3 is 10.3 Å². The Bertz CT molecular complexity index is 1560. The predicted octanol–water partition coefficient (Wildman–Crippen LogP) is 3.15. The third kappa shape index (κ3) is 5.68. The molecule has 11 heteroatoms. The van der Waals surface area contributed by atoms with E-state index in [0.29, 0.717) is 0 Å². The van der Waals surface area contributed by atoms with E-state index in [1.807, 2.05) is 36.4 Å². The van der Waals surface area contributed by atoms with E-state index in [2.05, 4.69) is 9.51 Å². The number of cyclic esters (lactones) is 1. The second-order valence-corrected chi connectivity index (χ2v) is 10.4. The maximum Gasteiger partial charge on any atom is 0.417 e. The number of benzene rings is 3. The molecule has 0 saturated carbocycles. The molecular formula is C27H23N5O5S. The zero-order valence-corrected chi connectivity index (χ0v) is 21.1. The van der Waals surface area contributed by atoms with Crippen LogP contribution in [-0.4, -0.2) is 48.5 Å². The van der Waals surface area contributed by atoms with Crippen LogP contribution in [0.1, 0.15) is 28.3 Å². The smallest absolute Gasteiger partial charge is 0.417 e. The number of ether oxygens (including phenoxy) is 1. The van der Waals surface area contributed by atoms with Crippen LogP contribution in [0.25, 0.3) is 5.53 Å². The van der Waals surface area contributed by atoms with Gasteiger partial charge >= 0.3 is 17.7 Å². The number of sulfonamides is 1. The van der Waals surface area contributed by atoms with Gasteiger partial charge in [0.15, 0.2) is 6.04 Å². The Kier molecular flexibility index (Phi) is 7.79. The van der Waals surface area contributed by atoms with Crippen molar-refractivity contribution in [1.29, 1.82) is 5.26 Å². The highest BCUT2D eigenvalue weighted by Crippen LogP contribution is 2.24. The van der Waals surface area contributed by atoms with E-state index in [1.165, 1.54) is 36.4 Å². The van der Waals surface area contributed by atoms with Gasteiger partial charge in [0.2, 0.25) is 10.0 Å². The Morgan fingerprint density at radius 1 is 1.16 bits per heavy atom. The summed E-state index contributed by atoms with van der Waals surface area (Å²) < 4.78 is 34.1. The highest BCUT2D eigenvalue weighted by molar-refractivity contribution is 7.89. The standard InChI is InChI=1S/C27H23N5O5S/c1-18-10-12-23(13-11-18)38(35,36)31-24(21-9-5-8-20(14-21)16-28)25(30-29)26(33)32-22(17-37-27(32)34)15-19-6-3-2-4-7-19/h2-14,22,24,31H,15,17H2,1H3/t22-,24+/m0/s1. The molecule has 192 valence electrons. The van der Waals surface area contributed by atoms with Gasteiger partial charge in [0, 0.05) is 0 Å². The number of rotatable bonds is 8. The zero-order chi connectivity index (χ0) is 27.3. The van der Waals surface area contributed by atoms with Gasteiger partial charge in [-0.2, -0.15) is 14.8 Å². The van der Waals surface area contributed by atoms with Crippen LogP contribution in [0.3, 0.4) is 0 Å². The minimum atomic E-state index is -4.24. The average molecular weight is 530 g/mol. The second kappa shape index (κ2) is 11.2. The summed E-state index contributed by atoms with van der Waals surface area (Å²) in [6, 6.07) is 20.7. The van der Waals surface area contributed by atoms with Crippen LogP contribution >= 0.6 is 0 Å². The number of nitriles is 1. The first-order valence-corrected chi connectivity index (χ1v) is 13.1. The number of hydrogen-bond acceptors (Lipinski definition) is 6. The van der Waals surface area contributed by atoms with E-state index in [0.717, 1.165) is 16.0 Å². The number of imide groups is 1. The first-order valence-electron chi connectivity index (χ1n) is 11.6. The van der Waals surface area contributed by atoms with Crippen LogP contribution < -0.4 is 4.72 Å². The van der Waals surface area contributed by atoms with Gasteiger partial charge in [-0.3, -0.25) is 4.79 Å². The van der Waals surface area contributed by atoms with Crippen molar-refractivity contribution >= 4 is 27.7 Å². The number of nitrogens with zero attached hydrogens (tertiary/aromatic N) is 4. The fourth-order valence-corrected chi connectivity index (χ4v) is 5.29. The number of aryl methyl sites for hydroxylation is 1. The zero-order valence-electron chi connectivity index (χ0n) is 20.3. The predicted molar refractivity (Wildman–Crippen MR) is 136 cm³/mol. The van der Waals surface area contributed by atoms with Crippen LogP contribution in [0.2, 0.25) is 0 Å². The summed E-state index contributed by atoms with van der Waals surface area (Å²) in [5.74, 6) is -1.03. The van der Waals surface area contributed by atoms with E-state index in [-0.39, 0.29) is 29.1 Å². The molecule has 1 saturated heterocycles. The molecule has 0 aromatic heterocycles. The largest absolute Gasteiger partial charge is 0.447 e. The molecule has 2 amide bonds. The monoisotopic (exact) mass is 529 g/mol. The van der Waals surface area contributed by atoms with Gasteiger partial charge in [0.25, 0.3) is 0 Å². The first kappa shape index (κ1) is 26.4. The number of carbonyl (C=O) groups is 2. The van der Waals surface area contributed by atoms with Crippen molar-refractivity contribution in [2.24, 2.45) is 0 Å². The fourth-order valence-electron chi connectivity index (χ4n) is 4.10. The lowest BCUT2D eigenvalue weighted by Gasteiger charge is -2.21. The summed E-state index contributed by atoms with van der Waals surface area (Å²) >= 11 is 0. The lowest BCUT2D eigenvalue weighted by molar-refractivity contribution is -0.127. The normalized spacial score (nSPS) is 15.7. The minimum Gasteiger partial charge on any atom is -0.447 e. The van der Waals surface area contributed by atoms with Crippen molar-refractivity contribution in [3.63, 3.8) is 0 Å². The molecule has 0 spiro atoms. The molecule has 1 heterocycles. The topological polar surface area (TPSA) is 153 Å². The highest BCUT2D eigenvalue weighted by atomic mass is 32.2. The molecule has 4 rings (SSSR count). The molecule has 1 fully saturated rings. The van der Waals surface area contributed by atoms with Gasteiger partial charge in [-0.15, -0.1) is 0 Å². The Morgan fingerprint density at radius 3 is 2.53 bits per heavy atom. The van der Waals surface area contributed by atoms with E-state index in [4.69, 9.17) is 4.74 Å². The SMILES string of the molecule is Cc1ccc(S(=O)(=O)N[C@@H](C(=[N+]=[N-])C(=O)N2C(=O)OC[C@@H]2Cc2ccccc2)c2cccc(C#N)c2)cc1. The van der Waals surface area contributed by atoms with Gasteiger partial charge in [0.1, 0.15) is 6.61 Å². The van der Waals surface area contributed by atoms with Gasteiger partial charge in [-0.05, 0) is 48.7 Å². The van der Waals surface area contributed by atoms with Crippen molar-refractivity contribution in [1.82, 2.24) is 9.62 Å². The third-order valence-electron chi connectivity index (χ3n) is 6.05. The molecule has 3 aromatic carbocycles. The van der Waals surface area contributed by atoms with Crippen molar-refractivity contribution < 1.29 is 27.5 Å². The lowest BCUT2D eigenvalue weighted by atomic mass is 9.99. The molecule has 0 aliphatic carbocycles. The van der Waals surface area contributed by atoms with Crippen LogP contribution in [-0.2, 0) is 26.0 Å². The number of carbonyl (C=O) groups excluding carboxylic acids is 2. The molecule has 1 N–H and O–H groups in total. The summed E-state index contributed by atoms with van der Waals surface area (Å²) in [6.07, 6.45) is -0.663. The quantitative estimate of drug-likeness (QED) is 0.269. The molecule has 0 bridgehead atoms. The highest BCUT2D eigenvalue weighted by Gasteiger charge is 2.46. The van der Waals surface area contributed by atoms with Crippen LogP contribution in [0, 0.1) is 18.3 Å². The van der Waals surface area contributed by atoms with Crippen LogP contribution in [0.15, 0.2) is 83.8 Å². The molecular weight excluding hydrogens is 506 g/mol. The average Bonchev–Trinajstić information content (AvgIpc) is 3.28. The Morgan fingerprint density at radius 2 is 1.87 bits per heavy atom. The van der Waals surface area contributed by atoms with Crippen LogP contribution in [0.4, 0.5) is 4.79 Å².